The average molecular weight is 303 g/mol. The lowest BCUT2D eigenvalue weighted by atomic mass is 9.62. The number of rotatable bonds is 3. The molecule has 1 saturated carbocycles. The number of likely N-dealkylation sites (N-methyl/N-ethyl adjacent to an activating group) is 1. The van der Waals surface area contributed by atoms with Gasteiger partial charge in [0.05, 0.1) is 14.2 Å². The lowest BCUT2D eigenvalue weighted by Gasteiger charge is -2.44. The van der Waals surface area contributed by atoms with E-state index in [-0.39, 0.29) is 17.4 Å². The lowest BCUT2D eigenvalue weighted by Crippen LogP contribution is -2.51. The molecule has 120 valence electrons. The van der Waals surface area contributed by atoms with Crippen LogP contribution in [0.25, 0.3) is 0 Å². The Bertz CT molecular complexity index is 586. The van der Waals surface area contributed by atoms with Gasteiger partial charge in [0, 0.05) is 23.8 Å². The van der Waals surface area contributed by atoms with E-state index in [1.165, 1.54) is 5.56 Å². The maximum atomic E-state index is 12.2. The van der Waals surface area contributed by atoms with E-state index in [1.54, 1.807) is 14.2 Å². The molecule has 4 heteroatoms. The minimum Gasteiger partial charge on any atom is -0.493 e. The van der Waals surface area contributed by atoms with E-state index in [0.717, 1.165) is 30.9 Å². The number of benzene rings is 1. The Labute approximate surface area is 132 Å². The van der Waals surface area contributed by atoms with E-state index >= 15 is 0 Å². The Morgan fingerprint density at radius 1 is 1.18 bits per heavy atom. The summed E-state index contributed by atoms with van der Waals surface area (Å²) >= 11 is 0. The van der Waals surface area contributed by atoms with Gasteiger partial charge in [-0.2, -0.15) is 0 Å². The Morgan fingerprint density at radius 2 is 1.91 bits per heavy atom. The topological polar surface area (TPSA) is 38.8 Å². The highest BCUT2D eigenvalue weighted by Crippen LogP contribution is 2.50. The third-order valence-corrected chi connectivity index (χ3v) is 5.71. The smallest absolute Gasteiger partial charge is 0.161 e. The molecule has 0 bridgehead atoms. The van der Waals surface area contributed by atoms with Crippen LogP contribution in [0.4, 0.5) is 0 Å². The number of hydrogen-bond acceptors (Lipinski definition) is 4. The second-order valence-corrected chi connectivity index (χ2v) is 6.66. The molecule has 0 amide bonds. The molecular formula is C18H25NO3. The second kappa shape index (κ2) is 5.58. The third kappa shape index (κ3) is 2.12. The summed E-state index contributed by atoms with van der Waals surface area (Å²) in [5.74, 6) is 2.02. The summed E-state index contributed by atoms with van der Waals surface area (Å²) in [4.78, 5) is 14.6. The predicted octanol–water partition coefficient (Wildman–Crippen LogP) is 2.64. The van der Waals surface area contributed by atoms with Crippen LogP contribution >= 0.6 is 0 Å². The Balaban J connectivity index is 2.07. The molecular weight excluding hydrogens is 278 g/mol. The highest BCUT2D eigenvalue weighted by molar-refractivity contribution is 5.83. The van der Waals surface area contributed by atoms with Crippen molar-refractivity contribution in [3.63, 3.8) is 0 Å². The Hall–Kier alpha value is -1.55. The zero-order chi connectivity index (χ0) is 15.9. The molecule has 1 aliphatic carbocycles. The van der Waals surface area contributed by atoms with Gasteiger partial charge in [-0.3, -0.25) is 4.79 Å². The van der Waals surface area contributed by atoms with Crippen LogP contribution in [0.5, 0.6) is 11.5 Å². The fourth-order valence-corrected chi connectivity index (χ4v) is 4.57. The van der Waals surface area contributed by atoms with Gasteiger partial charge in [0.1, 0.15) is 5.78 Å². The minimum absolute atomic E-state index is 0.0572. The summed E-state index contributed by atoms with van der Waals surface area (Å²) in [6, 6.07) is 6.52. The van der Waals surface area contributed by atoms with E-state index in [9.17, 15) is 4.79 Å². The van der Waals surface area contributed by atoms with E-state index in [4.69, 9.17) is 9.47 Å². The Morgan fingerprint density at radius 3 is 2.59 bits per heavy atom. The number of ether oxygens (including phenoxy) is 2. The van der Waals surface area contributed by atoms with Gasteiger partial charge in [-0.05, 0) is 44.1 Å². The first-order chi connectivity index (χ1) is 10.5. The highest BCUT2D eigenvalue weighted by Gasteiger charge is 2.53. The molecule has 1 heterocycles. The zero-order valence-electron chi connectivity index (χ0n) is 13.9. The van der Waals surface area contributed by atoms with E-state index in [2.05, 4.69) is 31.0 Å². The average Bonchev–Trinajstić information content (AvgIpc) is 2.89. The first kappa shape index (κ1) is 15.3. The lowest BCUT2D eigenvalue weighted by molar-refractivity contribution is -0.127. The quantitative estimate of drug-likeness (QED) is 0.860. The number of nitrogens with zero attached hydrogens (tertiary/aromatic N) is 1. The molecule has 0 spiro atoms. The van der Waals surface area contributed by atoms with Crippen molar-refractivity contribution in [2.75, 3.05) is 27.8 Å². The van der Waals surface area contributed by atoms with Crippen LogP contribution < -0.4 is 9.47 Å². The minimum atomic E-state index is 0.0572. The van der Waals surface area contributed by atoms with Crippen molar-refractivity contribution in [3.8, 4) is 11.5 Å². The molecule has 2 fully saturated rings. The summed E-state index contributed by atoms with van der Waals surface area (Å²) < 4.78 is 10.8. The van der Waals surface area contributed by atoms with Crippen molar-refractivity contribution < 1.29 is 14.3 Å². The number of fused-ring (bicyclic) bond motifs is 1. The third-order valence-electron chi connectivity index (χ3n) is 5.71. The first-order valence-corrected chi connectivity index (χ1v) is 7.99. The number of hydrogen-bond donors (Lipinski definition) is 0. The van der Waals surface area contributed by atoms with Crippen molar-refractivity contribution in [3.05, 3.63) is 23.8 Å². The molecule has 1 aromatic carbocycles. The van der Waals surface area contributed by atoms with Gasteiger partial charge < -0.3 is 14.4 Å². The van der Waals surface area contributed by atoms with Crippen molar-refractivity contribution in [1.82, 2.24) is 4.90 Å². The van der Waals surface area contributed by atoms with E-state index < -0.39 is 0 Å². The normalized spacial score (nSPS) is 31.9. The van der Waals surface area contributed by atoms with Gasteiger partial charge in [-0.1, -0.05) is 13.0 Å². The molecule has 0 aromatic heterocycles. The van der Waals surface area contributed by atoms with Gasteiger partial charge in [0.2, 0.25) is 0 Å². The number of likely N-dealkylation sites (tertiary alicyclic amines) is 1. The standard InChI is InChI=1S/C18H25NO3/c1-12-14(20)7-8-18(9-10-19(2)17(12)18)13-5-6-15(21-3)16(11-13)22-4/h5-6,11-12,17H,7-10H2,1-4H3/t12-,17+,18+/m1/s1. The maximum Gasteiger partial charge on any atom is 0.161 e. The summed E-state index contributed by atoms with van der Waals surface area (Å²) in [5, 5.41) is 0. The van der Waals surface area contributed by atoms with Crippen molar-refractivity contribution >= 4 is 5.78 Å². The molecule has 3 rings (SSSR count). The number of Topliss-reactive ketones (excluding diaryl/α,β-unsaturated/α-hetero) is 1. The molecule has 1 aromatic rings. The molecule has 4 nitrogen and oxygen atoms in total. The van der Waals surface area contributed by atoms with Crippen LogP contribution in [0.3, 0.4) is 0 Å². The van der Waals surface area contributed by atoms with Crippen LogP contribution in [-0.4, -0.2) is 44.5 Å². The Kier molecular flexibility index (Phi) is 3.89. The molecule has 22 heavy (non-hydrogen) atoms. The van der Waals surface area contributed by atoms with Gasteiger partial charge in [0.25, 0.3) is 0 Å². The molecule has 0 N–H and O–H groups in total. The van der Waals surface area contributed by atoms with Crippen LogP contribution in [0, 0.1) is 5.92 Å². The SMILES string of the molecule is COc1ccc([C@@]23CCC(=O)[C@@H](C)[C@@H]2N(C)CC3)cc1OC. The van der Waals surface area contributed by atoms with Crippen LogP contribution in [0.1, 0.15) is 31.7 Å². The summed E-state index contributed by atoms with van der Waals surface area (Å²) in [6.45, 7) is 3.13. The molecule has 1 saturated heterocycles. The number of ketones is 1. The summed E-state index contributed by atoms with van der Waals surface area (Å²) in [7, 11) is 5.47. The molecule has 1 aliphatic heterocycles. The molecule has 0 unspecified atom stereocenters. The van der Waals surface area contributed by atoms with Crippen molar-refractivity contribution in [2.45, 2.75) is 37.6 Å². The molecule has 2 aliphatic rings. The van der Waals surface area contributed by atoms with Gasteiger partial charge in [-0.25, -0.2) is 0 Å². The molecule has 3 atom stereocenters. The number of carbonyl (C=O) groups excluding carboxylic acids is 1. The second-order valence-electron chi connectivity index (χ2n) is 6.66. The monoisotopic (exact) mass is 303 g/mol. The highest BCUT2D eigenvalue weighted by atomic mass is 16.5. The predicted molar refractivity (Wildman–Crippen MR) is 85.7 cm³/mol. The first-order valence-electron chi connectivity index (χ1n) is 7.99. The largest absolute Gasteiger partial charge is 0.493 e. The van der Waals surface area contributed by atoms with Crippen LogP contribution in [-0.2, 0) is 10.2 Å². The van der Waals surface area contributed by atoms with Crippen LogP contribution in [0.2, 0.25) is 0 Å². The molecule has 0 radical (unpaired) electrons. The van der Waals surface area contributed by atoms with Gasteiger partial charge in [-0.15, -0.1) is 0 Å². The van der Waals surface area contributed by atoms with Crippen molar-refractivity contribution in [2.24, 2.45) is 5.92 Å². The van der Waals surface area contributed by atoms with E-state index in [0.29, 0.717) is 12.2 Å². The van der Waals surface area contributed by atoms with Crippen molar-refractivity contribution in [1.29, 1.82) is 0 Å². The summed E-state index contributed by atoms with van der Waals surface area (Å²) in [6.07, 6.45) is 2.71. The zero-order valence-corrected chi connectivity index (χ0v) is 13.9. The summed E-state index contributed by atoms with van der Waals surface area (Å²) in [5.41, 5.74) is 1.33. The van der Waals surface area contributed by atoms with Gasteiger partial charge in [0.15, 0.2) is 11.5 Å². The fraction of sp³-hybridized carbons (Fsp3) is 0.611. The number of methoxy groups -OCH3 is 2. The van der Waals surface area contributed by atoms with Gasteiger partial charge >= 0.3 is 0 Å². The maximum absolute atomic E-state index is 12.2. The number of carbonyl (C=O) groups is 1. The van der Waals surface area contributed by atoms with Crippen LogP contribution in [0.15, 0.2) is 18.2 Å². The fourth-order valence-electron chi connectivity index (χ4n) is 4.57. The van der Waals surface area contributed by atoms with E-state index in [1.807, 2.05) is 6.07 Å².